The third-order valence-electron chi connectivity index (χ3n) is 3.45. The molecule has 1 N–H and O–H groups in total. The molecule has 1 aromatic carbocycles. The number of nitrogens with one attached hydrogen (secondary N) is 1. The first-order valence-electron chi connectivity index (χ1n) is 7.24. The highest BCUT2D eigenvalue weighted by atomic mass is 16.5. The smallest absolute Gasteiger partial charge is 0.118 e. The van der Waals surface area contributed by atoms with E-state index >= 15 is 0 Å². The third-order valence-corrected chi connectivity index (χ3v) is 3.45. The molecule has 2 atom stereocenters. The molecule has 1 aliphatic carbocycles. The normalized spacial score (nSPS) is 17.8. The summed E-state index contributed by atoms with van der Waals surface area (Å²) < 4.78 is 16.5. The third kappa shape index (κ3) is 4.78. The molecule has 4 nitrogen and oxygen atoms in total. The van der Waals surface area contributed by atoms with Crippen LogP contribution in [-0.4, -0.2) is 39.5 Å². The number of hydrogen-bond acceptors (Lipinski definition) is 4. The van der Waals surface area contributed by atoms with Crippen molar-refractivity contribution < 1.29 is 14.2 Å². The molecule has 0 bridgehead atoms. The van der Waals surface area contributed by atoms with Crippen LogP contribution < -0.4 is 10.1 Å². The van der Waals surface area contributed by atoms with Crippen LogP contribution in [0.5, 0.6) is 5.75 Å². The van der Waals surface area contributed by atoms with Gasteiger partial charge in [-0.15, -0.1) is 0 Å². The zero-order valence-corrected chi connectivity index (χ0v) is 12.6. The lowest BCUT2D eigenvalue weighted by molar-refractivity contribution is -0.0395. The maximum Gasteiger partial charge on any atom is 0.118 e. The van der Waals surface area contributed by atoms with Gasteiger partial charge in [-0.25, -0.2) is 0 Å². The van der Waals surface area contributed by atoms with Gasteiger partial charge in [0.05, 0.1) is 25.9 Å². The van der Waals surface area contributed by atoms with Crippen molar-refractivity contribution in [1.29, 1.82) is 0 Å². The Bertz CT molecular complexity index is 389. The largest absolute Gasteiger partial charge is 0.497 e. The first-order valence-corrected chi connectivity index (χ1v) is 7.24. The Labute approximate surface area is 121 Å². The fraction of sp³-hybridized carbons (Fsp3) is 0.625. The summed E-state index contributed by atoms with van der Waals surface area (Å²) in [6.45, 7) is 3.48. The predicted molar refractivity (Wildman–Crippen MR) is 79.2 cm³/mol. The van der Waals surface area contributed by atoms with Crippen LogP contribution in [0.15, 0.2) is 24.3 Å². The molecule has 2 rings (SSSR count). The highest BCUT2D eigenvalue weighted by molar-refractivity contribution is 5.28. The van der Waals surface area contributed by atoms with Crippen molar-refractivity contribution in [3.63, 3.8) is 0 Å². The van der Waals surface area contributed by atoms with Crippen LogP contribution in [-0.2, 0) is 9.47 Å². The maximum atomic E-state index is 6.10. The number of hydrogen-bond donors (Lipinski definition) is 1. The first kappa shape index (κ1) is 15.3. The van der Waals surface area contributed by atoms with Gasteiger partial charge in [-0.05, 0) is 37.5 Å². The van der Waals surface area contributed by atoms with Crippen LogP contribution in [0.25, 0.3) is 0 Å². The van der Waals surface area contributed by atoms with Crippen molar-refractivity contribution in [3.8, 4) is 5.75 Å². The van der Waals surface area contributed by atoms with Crippen LogP contribution in [0.1, 0.15) is 31.4 Å². The fourth-order valence-corrected chi connectivity index (χ4v) is 2.18. The van der Waals surface area contributed by atoms with Gasteiger partial charge in [0.1, 0.15) is 5.75 Å². The molecule has 1 fully saturated rings. The zero-order chi connectivity index (χ0) is 14.4. The highest BCUT2D eigenvalue weighted by Gasteiger charge is 2.23. The lowest BCUT2D eigenvalue weighted by Gasteiger charge is -2.23. The lowest BCUT2D eigenvalue weighted by atomic mass is 10.1. The molecule has 20 heavy (non-hydrogen) atoms. The molecule has 1 aliphatic rings. The summed E-state index contributed by atoms with van der Waals surface area (Å²) >= 11 is 0. The van der Waals surface area contributed by atoms with Crippen molar-refractivity contribution in [2.75, 3.05) is 27.4 Å². The van der Waals surface area contributed by atoms with Crippen LogP contribution >= 0.6 is 0 Å². The highest BCUT2D eigenvalue weighted by Crippen LogP contribution is 2.24. The molecule has 0 heterocycles. The Kier molecular flexibility index (Phi) is 5.83. The molecular formula is C16H25NO3. The monoisotopic (exact) mass is 279 g/mol. The molecule has 0 saturated heterocycles. The summed E-state index contributed by atoms with van der Waals surface area (Å²) in [4.78, 5) is 0. The molecule has 0 aliphatic heterocycles. The van der Waals surface area contributed by atoms with Gasteiger partial charge < -0.3 is 19.5 Å². The van der Waals surface area contributed by atoms with Crippen LogP contribution in [0, 0.1) is 0 Å². The van der Waals surface area contributed by atoms with E-state index in [1.807, 2.05) is 19.1 Å². The molecule has 0 radical (unpaired) electrons. The first-order chi connectivity index (χ1) is 9.72. The predicted octanol–water partition coefficient (Wildman–Crippen LogP) is 2.54. The van der Waals surface area contributed by atoms with E-state index in [2.05, 4.69) is 17.4 Å². The van der Waals surface area contributed by atoms with E-state index in [1.165, 1.54) is 18.4 Å². The Morgan fingerprint density at radius 1 is 1.20 bits per heavy atom. The second-order valence-corrected chi connectivity index (χ2v) is 5.35. The second-order valence-electron chi connectivity index (χ2n) is 5.35. The van der Waals surface area contributed by atoms with Crippen LogP contribution in [0.2, 0.25) is 0 Å². The van der Waals surface area contributed by atoms with Gasteiger partial charge in [0, 0.05) is 19.7 Å². The Hall–Kier alpha value is -1.10. The molecule has 4 heteroatoms. The molecule has 0 amide bonds. The van der Waals surface area contributed by atoms with Crippen molar-refractivity contribution >= 4 is 0 Å². The van der Waals surface area contributed by atoms with E-state index in [4.69, 9.17) is 14.2 Å². The lowest BCUT2D eigenvalue weighted by Crippen LogP contribution is -2.28. The number of ether oxygens (including phenoxy) is 3. The topological polar surface area (TPSA) is 39.7 Å². The molecular weight excluding hydrogens is 254 g/mol. The van der Waals surface area contributed by atoms with Crippen LogP contribution in [0.4, 0.5) is 0 Å². The molecule has 2 unspecified atom stereocenters. The number of benzene rings is 1. The Morgan fingerprint density at radius 2 is 1.90 bits per heavy atom. The van der Waals surface area contributed by atoms with E-state index < -0.39 is 0 Å². The average Bonchev–Trinajstić information content (AvgIpc) is 3.28. The molecule has 1 saturated carbocycles. The fourth-order valence-electron chi connectivity index (χ4n) is 2.18. The standard InChI is InChI=1S/C16H25NO3/c1-12(11-18-2)20-16(10-17-14-6-7-14)13-4-8-15(19-3)9-5-13/h4-5,8-9,12,14,16-17H,6-7,10-11H2,1-3H3. The summed E-state index contributed by atoms with van der Waals surface area (Å²) in [5.74, 6) is 0.868. The van der Waals surface area contributed by atoms with Crippen LogP contribution in [0.3, 0.4) is 0 Å². The quantitative estimate of drug-likeness (QED) is 0.754. The summed E-state index contributed by atoms with van der Waals surface area (Å²) in [5.41, 5.74) is 1.17. The van der Waals surface area contributed by atoms with Crippen molar-refractivity contribution in [2.45, 2.75) is 38.0 Å². The van der Waals surface area contributed by atoms with Gasteiger partial charge in [0.15, 0.2) is 0 Å². The minimum absolute atomic E-state index is 0.0478. The summed E-state index contributed by atoms with van der Waals surface area (Å²) in [6.07, 6.45) is 2.69. The van der Waals surface area contributed by atoms with E-state index in [9.17, 15) is 0 Å². The summed E-state index contributed by atoms with van der Waals surface area (Å²) in [7, 11) is 3.38. The van der Waals surface area contributed by atoms with Gasteiger partial charge in [-0.3, -0.25) is 0 Å². The summed E-state index contributed by atoms with van der Waals surface area (Å²) in [5, 5.41) is 3.53. The maximum absolute atomic E-state index is 6.10. The summed E-state index contributed by atoms with van der Waals surface area (Å²) in [6, 6.07) is 8.76. The number of rotatable bonds is 9. The minimum atomic E-state index is 0.0478. The van der Waals surface area contributed by atoms with Gasteiger partial charge in [0.25, 0.3) is 0 Å². The second kappa shape index (κ2) is 7.62. The average molecular weight is 279 g/mol. The van der Waals surface area contributed by atoms with Gasteiger partial charge >= 0.3 is 0 Å². The SMILES string of the molecule is COCC(C)OC(CNC1CC1)c1ccc(OC)cc1. The Balaban J connectivity index is 1.98. The van der Waals surface area contributed by atoms with Gasteiger partial charge in [-0.2, -0.15) is 0 Å². The van der Waals surface area contributed by atoms with Gasteiger partial charge in [-0.1, -0.05) is 12.1 Å². The molecule has 0 aromatic heterocycles. The van der Waals surface area contributed by atoms with Crippen molar-refractivity contribution in [3.05, 3.63) is 29.8 Å². The van der Waals surface area contributed by atoms with E-state index in [1.54, 1.807) is 14.2 Å². The van der Waals surface area contributed by atoms with Crippen molar-refractivity contribution in [2.24, 2.45) is 0 Å². The molecule has 0 spiro atoms. The van der Waals surface area contributed by atoms with E-state index in [0.717, 1.165) is 12.3 Å². The molecule has 1 aromatic rings. The zero-order valence-electron chi connectivity index (χ0n) is 12.6. The van der Waals surface area contributed by atoms with Crippen molar-refractivity contribution in [1.82, 2.24) is 5.32 Å². The van der Waals surface area contributed by atoms with E-state index in [-0.39, 0.29) is 12.2 Å². The van der Waals surface area contributed by atoms with E-state index in [0.29, 0.717) is 12.6 Å². The Morgan fingerprint density at radius 3 is 2.45 bits per heavy atom. The number of methoxy groups -OCH3 is 2. The van der Waals surface area contributed by atoms with Gasteiger partial charge in [0.2, 0.25) is 0 Å². The minimum Gasteiger partial charge on any atom is -0.497 e. The molecule has 112 valence electrons.